The first-order valence-corrected chi connectivity index (χ1v) is 38.7. The third-order valence-corrected chi connectivity index (χ3v) is 25.0. The lowest BCUT2D eigenvalue weighted by Crippen LogP contribution is -2.61. The molecule has 3 nitrogen and oxygen atoms in total. The van der Waals surface area contributed by atoms with Crippen LogP contribution in [-0.4, -0.2) is 11.3 Å². The maximum atomic E-state index is 2.65. The minimum Gasteiger partial charge on any atom is -0.311 e. The standard InChI is InChI=1S/C102H96BN3/c1-97(2,3)82-31-23-21-29-78(82)73-39-49-88-92(61-73)104(75-43-33-67(34-44-75)71-37-47-84-86(59-71)101(11,12)55-53-99(84,7)8)94-63-77(106-90-51-41-69(65-25-17-15-18-26-65)57-80(90)81-58-70(42-52-91(81)106)66-27-19-16-20-28-66)64-95-96(94)103(88)89-50-40-74(79-30-22-24-32-83(79)98(4,5)6)62-93(89)105(95)76-45-35-68(36-46-76)72-38-48-85-87(60-72)102(13,14)56-54-100(85,9)10/h15-52,57-64H,53-56H2,1-14H3. The Morgan fingerprint density at radius 2 is 0.604 bits per heavy atom. The second-order valence-electron chi connectivity index (χ2n) is 35.8. The second kappa shape index (κ2) is 24.4. The molecule has 13 aromatic carbocycles. The Labute approximate surface area is 629 Å². The molecular weight excluding hydrogens is 1280 g/mol. The normalized spacial score (nSPS) is 15.9. The minimum atomic E-state index is -0.153. The van der Waals surface area contributed by atoms with Crippen molar-refractivity contribution in [2.24, 2.45) is 0 Å². The summed E-state index contributed by atoms with van der Waals surface area (Å²) < 4.78 is 2.58. The van der Waals surface area contributed by atoms with Gasteiger partial charge in [-0.2, -0.15) is 0 Å². The molecule has 522 valence electrons. The first-order chi connectivity index (χ1) is 50.8. The zero-order chi connectivity index (χ0) is 73.1. The molecule has 2 aliphatic heterocycles. The van der Waals surface area contributed by atoms with Crippen molar-refractivity contribution in [2.75, 3.05) is 9.80 Å². The number of hydrogen-bond donors (Lipinski definition) is 0. The van der Waals surface area contributed by atoms with Crippen LogP contribution < -0.4 is 26.2 Å². The van der Waals surface area contributed by atoms with E-state index >= 15 is 0 Å². The van der Waals surface area contributed by atoms with Crippen LogP contribution in [0.25, 0.3) is 94.3 Å². The van der Waals surface area contributed by atoms with Gasteiger partial charge in [0.15, 0.2) is 0 Å². The van der Waals surface area contributed by atoms with Gasteiger partial charge in [0.2, 0.25) is 0 Å². The molecule has 0 N–H and O–H groups in total. The highest BCUT2D eigenvalue weighted by atomic mass is 15.2. The number of hydrogen-bond acceptors (Lipinski definition) is 2. The van der Waals surface area contributed by atoms with Gasteiger partial charge >= 0.3 is 0 Å². The summed E-state index contributed by atoms with van der Waals surface area (Å²) in [5.74, 6) is 0. The summed E-state index contributed by atoms with van der Waals surface area (Å²) in [4.78, 5) is 5.29. The van der Waals surface area contributed by atoms with E-state index in [1.54, 1.807) is 0 Å². The zero-order valence-electron chi connectivity index (χ0n) is 64.3. The molecule has 14 aromatic rings. The third-order valence-electron chi connectivity index (χ3n) is 25.0. The molecule has 106 heavy (non-hydrogen) atoms. The lowest BCUT2D eigenvalue weighted by Gasteiger charge is -2.45. The summed E-state index contributed by atoms with van der Waals surface area (Å²) in [6, 6.07) is 108. The van der Waals surface area contributed by atoms with E-state index in [0.717, 1.165) is 39.5 Å². The number of anilines is 6. The molecule has 0 radical (unpaired) electrons. The van der Waals surface area contributed by atoms with Gasteiger partial charge in [-0.1, -0.05) is 303 Å². The largest absolute Gasteiger partial charge is 0.311 e. The smallest absolute Gasteiger partial charge is 0.252 e. The van der Waals surface area contributed by atoms with E-state index in [4.69, 9.17) is 0 Å². The predicted molar refractivity (Wildman–Crippen MR) is 455 cm³/mol. The van der Waals surface area contributed by atoms with Crippen LogP contribution in [0.1, 0.15) is 156 Å². The molecule has 0 bridgehead atoms. The summed E-state index contributed by atoms with van der Waals surface area (Å²) in [5, 5.41) is 2.42. The Hall–Kier alpha value is -10.7. The monoisotopic (exact) mass is 1370 g/mol. The number of rotatable bonds is 9. The first kappa shape index (κ1) is 67.2. The number of nitrogens with zero attached hydrogens (tertiary/aromatic N) is 3. The van der Waals surface area contributed by atoms with Crippen molar-refractivity contribution in [3.8, 4) is 72.4 Å². The highest BCUT2D eigenvalue weighted by Crippen LogP contribution is 2.53. The fourth-order valence-corrected chi connectivity index (χ4v) is 18.8. The molecule has 1 aromatic heterocycles. The predicted octanol–water partition coefficient (Wildman–Crippen LogP) is 26.2. The van der Waals surface area contributed by atoms with E-state index in [1.165, 1.54) is 164 Å². The summed E-state index contributed by atoms with van der Waals surface area (Å²) in [6.07, 6.45) is 4.70. The van der Waals surface area contributed by atoms with E-state index < -0.39 is 0 Å². The number of fused-ring (bicyclic) bond motifs is 9. The Kier molecular flexibility index (Phi) is 15.5. The minimum absolute atomic E-state index is 0.0799. The topological polar surface area (TPSA) is 11.4 Å². The average molecular weight is 1370 g/mol. The van der Waals surface area contributed by atoms with Gasteiger partial charge in [0.1, 0.15) is 0 Å². The van der Waals surface area contributed by atoms with Crippen molar-refractivity contribution in [3.63, 3.8) is 0 Å². The fraction of sp³-hybridized carbons (Fsp3) is 0.235. The molecular formula is C102H96BN3. The van der Waals surface area contributed by atoms with Gasteiger partial charge in [-0.05, 0) is 248 Å². The molecule has 18 rings (SSSR count). The highest BCUT2D eigenvalue weighted by Gasteiger charge is 2.46. The van der Waals surface area contributed by atoms with Crippen LogP contribution in [0.15, 0.2) is 279 Å². The molecule has 3 heterocycles. The third kappa shape index (κ3) is 11.1. The maximum Gasteiger partial charge on any atom is 0.252 e. The van der Waals surface area contributed by atoms with E-state index in [0.29, 0.717) is 0 Å². The Morgan fingerprint density at radius 1 is 0.274 bits per heavy atom. The van der Waals surface area contributed by atoms with E-state index in [1.807, 2.05) is 0 Å². The quantitative estimate of drug-likeness (QED) is 0.133. The van der Waals surface area contributed by atoms with Crippen LogP contribution in [0.4, 0.5) is 34.1 Å². The Morgan fingerprint density at radius 3 is 1.00 bits per heavy atom. The maximum absolute atomic E-state index is 2.65. The van der Waals surface area contributed by atoms with Gasteiger partial charge in [-0.3, -0.25) is 0 Å². The molecule has 4 aliphatic rings. The SMILES string of the molecule is CC(C)(C)c1ccccc1-c1ccc2c(c1)N(c1ccc(-c3ccc4c(c3)C(C)(C)CCC4(C)C)cc1)c1cc(-n3c4ccc(-c5ccccc5)cc4c4cc(-c5ccccc5)ccc43)cc3c1B2c1ccc(-c2ccccc2C(C)(C)C)cc1N3c1ccc(-c2ccc3c(c2)C(C)(C)CCC3(C)C)cc1. The van der Waals surface area contributed by atoms with Crippen LogP contribution in [0, 0.1) is 0 Å². The van der Waals surface area contributed by atoms with Crippen LogP contribution in [0.5, 0.6) is 0 Å². The molecule has 0 fully saturated rings. The van der Waals surface area contributed by atoms with E-state index in [9.17, 15) is 0 Å². The summed E-state index contributed by atoms with van der Waals surface area (Å²) in [5.41, 5.74) is 37.5. The van der Waals surface area contributed by atoms with Crippen molar-refractivity contribution >= 4 is 79.0 Å². The first-order valence-electron chi connectivity index (χ1n) is 38.7. The Balaban J connectivity index is 0.932. The number of aromatic nitrogens is 1. The van der Waals surface area contributed by atoms with Gasteiger partial charge in [-0.25, -0.2) is 0 Å². The molecule has 0 spiro atoms. The highest BCUT2D eigenvalue weighted by molar-refractivity contribution is 7.00. The van der Waals surface area contributed by atoms with Crippen molar-refractivity contribution in [3.05, 3.63) is 312 Å². The number of benzene rings is 13. The zero-order valence-corrected chi connectivity index (χ0v) is 64.3. The summed E-state index contributed by atoms with van der Waals surface area (Å²) >= 11 is 0. The van der Waals surface area contributed by atoms with Gasteiger partial charge in [0.05, 0.1) is 16.7 Å². The van der Waals surface area contributed by atoms with Gasteiger partial charge in [-0.15, -0.1) is 0 Å². The molecule has 0 saturated heterocycles. The summed E-state index contributed by atoms with van der Waals surface area (Å²) in [6.45, 7) is 33.4. The fourth-order valence-electron chi connectivity index (χ4n) is 18.8. The Bertz CT molecular complexity index is 5500. The van der Waals surface area contributed by atoms with Gasteiger partial charge in [0, 0.05) is 44.9 Å². The van der Waals surface area contributed by atoms with Crippen molar-refractivity contribution in [1.29, 1.82) is 0 Å². The van der Waals surface area contributed by atoms with Crippen molar-refractivity contribution in [2.45, 2.75) is 155 Å². The lowest BCUT2D eigenvalue weighted by atomic mass is 9.33. The van der Waals surface area contributed by atoms with E-state index in [-0.39, 0.29) is 39.2 Å². The van der Waals surface area contributed by atoms with Gasteiger partial charge < -0.3 is 14.4 Å². The van der Waals surface area contributed by atoms with Crippen LogP contribution in [0.2, 0.25) is 0 Å². The van der Waals surface area contributed by atoms with Crippen LogP contribution >= 0.6 is 0 Å². The molecule has 2 aliphatic carbocycles. The average Bonchev–Trinajstić information content (AvgIpc) is 0.776. The van der Waals surface area contributed by atoms with Crippen LogP contribution in [0.3, 0.4) is 0 Å². The molecule has 0 unspecified atom stereocenters. The molecule has 4 heteroatoms. The molecule has 0 saturated carbocycles. The summed E-state index contributed by atoms with van der Waals surface area (Å²) in [7, 11) is 0. The lowest BCUT2D eigenvalue weighted by molar-refractivity contribution is 0.332. The molecule has 0 atom stereocenters. The van der Waals surface area contributed by atoms with Crippen molar-refractivity contribution in [1.82, 2.24) is 4.57 Å². The van der Waals surface area contributed by atoms with Gasteiger partial charge in [0.25, 0.3) is 6.71 Å². The second-order valence-corrected chi connectivity index (χ2v) is 35.8. The van der Waals surface area contributed by atoms with Crippen molar-refractivity contribution < 1.29 is 0 Å². The molecule has 0 amide bonds. The van der Waals surface area contributed by atoms with E-state index in [2.05, 4.69) is 390 Å². The van der Waals surface area contributed by atoms with Crippen LogP contribution in [-0.2, 0) is 32.5 Å².